The van der Waals surface area contributed by atoms with Gasteiger partial charge in [-0.05, 0) is 12.1 Å². The summed E-state index contributed by atoms with van der Waals surface area (Å²) in [6.07, 6.45) is 1.08. The summed E-state index contributed by atoms with van der Waals surface area (Å²) >= 11 is 7.60. The summed E-state index contributed by atoms with van der Waals surface area (Å²) in [5, 5.41) is 1.04. The van der Waals surface area contributed by atoms with Crippen molar-refractivity contribution < 1.29 is 17.9 Å². The fourth-order valence-electron chi connectivity index (χ4n) is 2.80. The molecule has 0 unspecified atom stereocenters. The molecule has 162 valence electrons. The third-order valence-electron chi connectivity index (χ3n) is 4.56. The molecule has 0 atom stereocenters. The normalized spacial score (nSPS) is 15.4. The van der Waals surface area contributed by atoms with E-state index in [-0.39, 0.29) is 24.9 Å². The number of likely N-dealkylation sites (N-methyl/N-ethyl adjacent to an activating group) is 1. The average Bonchev–Trinajstić information content (AvgIpc) is 3.07. The molecule has 12 heteroatoms. The van der Waals surface area contributed by atoms with Crippen LogP contribution in [0.5, 0.6) is 0 Å². The lowest BCUT2D eigenvalue weighted by atomic mass is 10.3. The number of carbonyl (C=O) groups excluding carboxylic acids is 1. The van der Waals surface area contributed by atoms with Gasteiger partial charge in [0.25, 0.3) is 0 Å². The number of carbonyl (C=O) groups is 1. The molecular weight excluding hydrogens is 459 g/mol. The van der Waals surface area contributed by atoms with Crippen molar-refractivity contribution in [3.05, 3.63) is 23.2 Å². The summed E-state index contributed by atoms with van der Waals surface area (Å²) in [4.78, 5) is 21.3. The highest BCUT2D eigenvalue weighted by atomic mass is 35.5. The van der Waals surface area contributed by atoms with Crippen LogP contribution in [0.25, 0.3) is 10.2 Å². The van der Waals surface area contributed by atoms with E-state index < -0.39 is 10.0 Å². The number of thiazole rings is 1. The van der Waals surface area contributed by atoms with Crippen LogP contribution in [0.2, 0.25) is 5.02 Å². The highest BCUT2D eigenvalue weighted by Gasteiger charge is 2.25. The van der Waals surface area contributed by atoms with Crippen LogP contribution in [0.1, 0.15) is 0 Å². The number of hydrogen-bond donors (Lipinski definition) is 0. The molecule has 1 aromatic carbocycles. The zero-order valence-electron chi connectivity index (χ0n) is 16.2. The number of hydrogen-bond acceptors (Lipinski definition) is 7. The molecule has 0 spiro atoms. The quantitative estimate of drug-likeness (QED) is 0.599. The number of anilines is 1. The van der Waals surface area contributed by atoms with E-state index >= 15 is 0 Å². The molecule has 0 saturated carbocycles. The van der Waals surface area contributed by atoms with Crippen molar-refractivity contribution in [2.75, 3.05) is 64.1 Å². The first kappa shape index (κ1) is 24.3. The van der Waals surface area contributed by atoms with Gasteiger partial charge in [-0.2, -0.15) is 4.31 Å². The van der Waals surface area contributed by atoms with Gasteiger partial charge in [-0.3, -0.25) is 14.6 Å². The lowest BCUT2D eigenvalue weighted by Gasteiger charge is -2.29. The maximum absolute atomic E-state index is 12.9. The average molecular weight is 483 g/mol. The Balaban J connectivity index is 0.00000300. The van der Waals surface area contributed by atoms with Crippen molar-refractivity contribution in [3.63, 3.8) is 0 Å². The minimum atomic E-state index is -3.46. The Hall–Kier alpha value is -1.01. The third kappa shape index (κ3) is 6.24. The van der Waals surface area contributed by atoms with Gasteiger partial charge in [0.05, 0.1) is 35.7 Å². The van der Waals surface area contributed by atoms with Crippen molar-refractivity contribution >= 4 is 66.6 Å². The van der Waals surface area contributed by atoms with Crippen molar-refractivity contribution in [2.24, 2.45) is 0 Å². The van der Waals surface area contributed by atoms with Gasteiger partial charge in [-0.25, -0.2) is 13.4 Å². The lowest BCUT2D eigenvalue weighted by Crippen LogP contribution is -2.46. The van der Waals surface area contributed by atoms with E-state index in [1.807, 2.05) is 12.1 Å². The van der Waals surface area contributed by atoms with E-state index in [0.29, 0.717) is 42.0 Å². The van der Waals surface area contributed by atoms with Gasteiger partial charge in [0.2, 0.25) is 15.9 Å². The molecule has 1 saturated heterocycles. The maximum atomic E-state index is 12.9. The first-order valence-electron chi connectivity index (χ1n) is 8.82. The van der Waals surface area contributed by atoms with Crippen molar-refractivity contribution in [3.8, 4) is 0 Å². The third-order valence-corrected chi connectivity index (χ3v) is 7.17. The number of nitrogens with zero attached hydrogens (tertiary/aromatic N) is 4. The number of ether oxygens (including phenoxy) is 1. The Morgan fingerprint density at radius 2 is 2.03 bits per heavy atom. The monoisotopic (exact) mass is 482 g/mol. The molecule has 0 aliphatic carbocycles. The summed E-state index contributed by atoms with van der Waals surface area (Å²) in [5.74, 6) is -0.323. The van der Waals surface area contributed by atoms with Crippen molar-refractivity contribution in [1.82, 2.24) is 14.2 Å². The molecule has 1 aromatic heterocycles. The number of halogens is 2. The van der Waals surface area contributed by atoms with Gasteiger partial charge in [0, 0.05) is 33.2 Å². The Labute approximate surface area is 185 Å². The van der Waals surface area contributed by atoms with Gasteiger partial charge in [-0.15, -0.1) is 12.4 Å². The SMILES string of the molecule is CN(CC(=O)N(CCN1CCOCC1)c1nc2c(Cl)cccc2s1)S(C)(=O)=O.Cl. The zero-order valence-corrected chi connectivity index (χ0v) is 19.4. The number of aromatic nitrogens is 1. The van der Waals surface area contributed by atoms with Gasteiger partial charge >= 0.3 is 0 Å². The zero-order chi connectivity index (χ0) is 20.3. The molecule has 0 N–H and O–H groups in total. The fraction of sp³-hybridized carbons (Fsp3) is 0.529. The number of rotatable bonds is 7. The number of para-hydroxylation sites is 1. The minimum Gasteiger partial charge on any atom is -0.379 e. The Morgan fingerprint density at radius 3 is 2.66 bits per heavy atom. The molecule has 1 aliphatic rings. The Morgan fingerprint density at radius 1 is 1.34 bits per heavy atom. The molecule has 29 heavy (non-hydrogen) atoms. The van der Waals surface area contributed by atoms with E-state index in [4.69, 9.17) is 16.3 Å². The van der Waals surface area contributed by atoms with Crippen LogP contribution in [0.3, 0.4) is 0 Å². The Bertz CT molecular complexity index is 948. The highest BCUT2D eigenvalue weighted by molar-refractivity contribution is 7.88. The van der Waals surface area contributed by atoms with E-state index in [9.17, 15) is 13.2 Å². The van der Waals surface area contributed by atoms with Crippen molar-refractivity contribution in [2.45, 2.75) is 0 Å². The predicted molar refractivity (Wildman–Crippen MR) is 119 cm³/mol. The van der Waals surface area contributed by atoms with Crippen LogP contribution in [-0.4, -0.2) is 87.8 Å². The van der Waals surface area contributed by atoms with Crippen LogP contribution in [0.15, 0.2) is 18.2 Å². The van der Waals surface area contributed by atoms with E-state index in [1.165, 1.54) is 18.4 Å². The fourth-order valence-corrected chi connectivity index (χ4v) is 4.46. The molecule has 1 aliphatic heterocycles. The van der Waals surface area contributed by atoms with Crippen LogP contribution >= 0.6 is 35.3 Å². The second-order valence-corrected chi connectivity index (χ2v) is 10.1. The smallest absolute Gasteiger partial charge is 0.244 e. The first-order valence-corrected chi connectivity index (χ1v) is 11.9. The summed E-state index contributed by atoms with van der Waals surface area (Å²) in [6, 6.07) is 5.49. The van der Waals surface area contributed by atoms with E-state index in [1.54, 1.807) is 11.0 Å². The Kier molecular flexibility index (Phi) is 8.65. The molecule has 3 rings (SSSR count). The van der Waals surface area contributed by atoms with E-state index in [2.05, 4.69) is 9.88 Å². The summed E-state index contributed by atoms with van der Waals surface area (Å²) in [7, 11) is -2.07. The van der Waals surface area contributed by atoms with Gasteiger partial charge in [0.15, 0.2) is 5.13 Å². The highest BCUT2D eigenvalue weighted by Crippen LogP contribution is 2.32. The standard InChI is InChI=1S/C17H23ClN4O4S2.ClH/c1-20(28(2,24)25)12-15(23)22(7-6-21-8-10-26-11-9-21)17-19-16-13(18)4-3-5-14(16)27-17;/h3-5H,6-12H2,1-2H3;1H. The number of sulfonamides is 1. The molecule has 2 aromatic rings. The first-order chi connectivity index (χ1) is 13.3. The topological polar surface area (TPSA) is 83.1 Å². The molecule has 2 heterocycles. The van der Waals surface area contributed by atoms with Gasteiger partial charge in [-0.1, -0.05) is 29.0 Å². The lowest BCUT2D eigenvalue weighted by molar-refractivity contribution is -0.118. The summed E-state index contributed by atoms with van der Waals surface area (Å²) < 4.78 is 30.7. The maximum Gasteiger partial charge on any atom is 0.244 e. The second-order valence-electron chi connectivity index (χ2n) is 6.60. The summed E-state index contributed by atoms with van der Waals surface area (Å²) in [5.41, 5.74) is 0.643. The predicted octanol–water partition coefficient (Wildman–Crippen LogP) is 1.93. The van der Waals surface area contributed by atoms with Gasteiger partial charge < -0.3 is 4.74 Å². The summed E-state index contributed by atoms with van der Waals surface area (Å²) in [6.45, 7) is 3.76. The second kappa shape index (κ2) is 10.3. The van der Waals surface area contributed by atoms with Gasteiger partial charge in [0.1, 0.15) is 5.52 Å². The van der Waals surface area contributed by atoms with Crippen LogP contribution in [0.4, 0.5) is 5.13 Å². The molecule has 1 amide bonds. The molecule has 1 fully saturated rings. The van der Waals surface area contributed by atoms with E-state index in [0.717, 1.165) is 28.4 Å². The number of fused-ring (bicyclic) bond motifs is 1. The number of benzene rings is 1. The largest absolute Gasteiger partial charge is 0.379 e. The molecular formula is C17H24Cl2N4O4S2. The molecule has 0 bridgehead atoms. The number of morpholine rings is 1. The minimum absolute atomic E-state index is 0. The van der Waals surface area contributed by atoms with Crippen LogP contribution in [-0.2, 0) is 19.6 Å². The van der Waals surface area contributed by atoms with Crippen LogP contribution < -0.4 is 4.90 Å². The molecule has 0 radical (unpaired) electrons. The van der Waals surface area contributed by atoms with Crippen molar-refractivity contribution in [1.29, 1.82) is 0 Å². The molecule has 8 nitrogen and oxygen atoms in total. The number of amides is 1. The van der Waals surface area contributed by atoms with Crippen LogP contribution in [0, 0.1) is 0 Å².